The third-order valence-corrected chi connectivity index (χ3v) is 6.03. The standard InChI is InChI=1S/C23H18BrN3O2/c1-14-6-5-9-17-20(14)25-23(26-21(17)28)18-11-10-16(24)12-19(18)27(22(23)29)13-15-7-3-2-4-8-15/h2-12,25H,13H2,1H3,(H,26,28)/t23-/m1/s1. The summed E-state index contributed by atoms with van der Waals surface area (Å²) in [6.45, 7) is 2.35. The molecule has 2 amide bonds. The molecular weight excluding hydrogens is 430 g/mol. The zero-order chi connectivity index (χ0) is 20.2. The molecule has 0 fully saturated rings. The Bertz CT molecular complexity index is 1160. The number of carbonyl (C=O) groups excluding carboxylic acids is 2. The van der Waals surface area contributed by atoms with Gasteiger partial charge < -0.3 is 15.5 Å². The first kappa shape index (κ1) is 17.9. The zero-order valence-electron chi connectivity index (χ0n) is 15.7. The molecule has 0 aromatic heterocycles. The number of hydrogen-bond donors (Lipinski definition) is 2. The number of aryl methyl sites for hydroxylation is 1. The summed E-state index contributed by atoms with van der Waals surface area (Å²) in [6.07, 6.45) is 0. The van der Waals surface area contributed by atoms with Crippen LogP contribution in [0, 0.1) is 6.92 Å². The Hall–Kier alpha value is -3.12. The molecule has 2 N–H and O–H groups in total. The van der Waals surface area contributed by atoms with Crippen molar-refractivity contribution in [1.29, 1.82) is 0 Å². The molecule has 1 atom stereocenters. The smallest absolute Gasteiger partial charge is 0.278 e. The lowest BCUT2D eigenvalue weighted by atomic mass is 9.94. The maximum Gasteiger partial charge on any atom is 0.278 e. The van der Waals surface area contributed by atoms with E-state index in [4.69, 9.17) is 0 Å². The molecule has 0 saturated heterocycles. The van der Waals surface area contributed by atoms with Gasteiger partial charge in [-0.2, -0.15) is 0 Å². The van der Waals surface area contributed by atoms with Crippen LogP contribution in [0.5, 0.6) is 0 Å². The molecule has 29 heavy (non-hydrogen) atoms. The van der Waals surface area contributed by atoms with Gasteiger partial charge in [0.1, 0.15) is 0 Å². The minimum absolute atomic E-state index is 0.197. The Balaban J connectivity index is 1.66. The molecule has 0 aliphatic carbocycles. The molecule has 5 nitrogen and oxygen atoms in total. The van der Waals surface area contributed by atoms with Gasteiger partial charge in [0, 0.05) is 10.0 Å². The van der Waals surface area contributed by atoms with Crippen molar-refractivity contribution < 1.29 is 9.59 Å². The van der Waals surface area contributed by atoms with Crippen LogP contribution in [0.4, 0.5) is 11.4 Å². The summed E-state index contributed by atoms with van der Waals surface area (Å²) in [7, 11) is 0. The van der Waals surface area contributed by atoms with Crippen molar-refractivity contribution >= 4 is 39.1 Å². The van der Waals surface area contributed by atoms with Gasteiger partial charge in [-0.25, -0.2) is 0 Å². The molecule has 6 heteroatoms. The van der Waals surface area contributed by atoms with Crippen molar-refractivity contribution in [2.75, 3.05) is 10.2 Å². The molecule has 3 aromatic carbocycles. The largest absolute Gasteiger partial charge is 0.350 e. The number of carbonyl (C=O) groups is 2. The lowest BCUT2D eigenvalue weighted by Gasteiger charge is -2.37. The molecular formula is C23H18BrN3O2. The monoisotopic (exact) mass is 447 g/mol. The van der Waals surface area contributed by atoms with Crippen LogP contribution in [0.3, 0.4) is 0 Å². The van der Waals surface area contributed by atoms with E-state index in [2.05, 4.69) is 26.6 Å². The summed E-state index contributed by atoms with van der Waals surface area (Å²) < 4.78 is 0.873. The van der Waals surface area contributed by atoms with Crippen LogP contribution in [0.25, 0.3) is 0 Å². The minimum atomic E-state index is -1.32. The highest BCUT2D eigenvalue weighted by molar-refractivity contribution is 9.10. The predicted octanol–water partition coefficient (Wildman–Crippen LogP) is 4.31. The van der Waals surface area contributed by atoms with Gasteiger partial charge in [-0.3, -0.25) is 9.59 Å². The van der Waals surface area contributed by atoms with Crippen molar-refractivity contribution in [2.24, 2.45) is 0 Å². The van der Waals surface area contributed by atoms with Crippen molar-refractivity contribution in [3.05, 3.63) is 93.5 Å². The van der Waals surface area contributed by atoms with E-state index in [9.17, 15) is 9.59 Å². The van der Waals surface area contributed by atoms with Gasteiger partial charge in [0.2, 0.25) is 5.66 Å². The van der Waals surface area contributed by atoms with E-state index in [-0.39, 0.29) is 11.8 Å². The van der Waals surface area contributed by atoms with E-state index in [1.54, 1.807) is 11.0 Å². The molecule has 0 radical (unpaired) electrons. The lowest BCUT2D eigenvalue weighted by Crippen LogP contribution is -2.60. The highest BCUT2D eigenvalue weighted by Gasteiger charge is 2.54. The number of fused-ring (bicyclic) bond motifs is 3. The first-order chi connectivity index (χ1) is 14.0. The van der Waals surface area contributed by atoms with Gasteiger partial charge in [-0.1, -0.05) is 64.5 Å². The van der Waals surface area contributed by atoms with Gasteiger partial charge in [-0.15, -0.1) is 0 Å². The van der Waals surface area contributed by atoms with Crippen LogP contribution in [-0.2, 0) is 17.0 Å². The van der Waals surface area contributed by atoms with Crippen LogP contribution in [0.2, 0.25) is 0 Å². The summed E-state index contributed by atoms with van der Waals surface area (Å²) >= 11 is 3.51. The fourth-order valence-electron chi connectivity index (χ4n) is 4.12. The van der Waals surface area contributed by atoms with Crippen LogP contribution < -0.4 is 15.5 Å². The second-order valence-electron chi connectivity index (χ2n) is 7.36. The Morgan fingerprint density at radius 1 is 0.966 bits per heavy atom. The number of para-hydroxylation sites is 1. The Labute approximate surface area is 176 Å². The zero-order valence-corrected chi connectivity index (χ0v) is 17.3. The van der Waals surface area contributed by atoms with Crippen molar-refractivity contribution in [2.45, 2.75) is 19.1 Å². The number of halogens is 1. The topological polar surface area (TPSA) is 61.4 Å². The van der Waals surface area contributed by atoms with Gasteiger partial charge in [0.05, 0.1) is 23.5 Å². The van der Waals surface area contributed by atoms with E-state index >= 15 is 0 Å². The van der Waals surface area contributed by atoms with Gasteiger partial charge in [-0.05, 0) is 36.2 Å². The molecule has 0 saturated carbocycles. The Morgan fingerprint density at radius 3 is 2.55 bits per heavy atom. The van der Waals surface area contributed by atoms with Crippen LogP contribution in [-0.4, -0.2) is 11.8 Å². The van der Waals surface area contributed by atoms with Gasteiger partial charge in [0.15, 0.2) is 0 Å². The minimum Gasteiger partial charge on any atom is -0.350 e. The number of hydrogen-bond acceptors (Lipinski definition) is 3. The Morgan fingerprint density at radius 2 is 1.76 bits per heavy atom. The molecule has 0 unspecified atom stereocenters. The number of anilines is 2. The van der Waals surface area contributed by atoms with Crippen LogP contribution in [0.15, 0.2) is 71.2 Å². The molecule has 2 aliphatic heterocycles. The summed E-state index contributed by atoms with van der Waals surface area (Å²) in [5.74, 6) is -0.456. The van der Waals surface area contributed by atoms with E-state index in [1.807, 2.05) is 67.6 Å². The second kappa shape index (κ2) is 6.46. The highest BCUT2D eigenvalue weighted by Crippen LogP contribution is 2.45. The average molecular weight is 448 g/mol. The summed E-state index contributed by atoms with van der Waals surface area (Å²) in [5.41, 5.74) is 3.37. The van der Waals surface area contributed by atoms with E-state index < -0.39 is 5.66 Å². The van der Waals surface area contributed by atoms with Crippen molar-refractivity contribution in [3.8, 4) is 0 Å². The third kappa shape index (κ3) is 2.67. The molecule has 3 aromatic rings. The highest BCUT2D eigenvalue weighted by atomic mass is 79.9. The molecule has 5 rings (SSSR count). The van der Waals surface area contributed by atoms with Gasteiger partial charge >= 0.3 is 0 Å². The van der Waals surface area contributed by atoms with Gasteiger partial charge in [0.25, 0.3) is 11.8 Å². The van der Waals surface area contributed by atoms with E-state index in [0.29, 0.717) is 17.8 Å². The first-order valence-electron chi connectivity index (χ1n) is 9.36. The third-order valence-electron chi connectivity index (χ3n) is 5.53. The van der Waals surface area contributed by atoms with Crippen molar-refractivity contribution in [1.82, 2.24) is 5.32 Å². The maximum atomic E-state index is 13.8. The number of nitrogens with zero attached hydrogens (tertiary/aromatic N) is 1. The normalized spacial score (nSPS) is 19.6. The Kier molecular flexibility index (Phi) is 3.99. The number of rotatable bonds is 2. The number of benzene rings is 3. The molecule has 1 spiro atoms. The quantitative estimate of drug-likeness (QED) is 0.614. The lowest BCUT2D eigenvalue weighted by molar-refractivity contribution is -0.123. The predicted molar refractivity (Wildman–Crippen MR) is 116 cm³/mol. The van der Waals surface area contributed by atoms with E-state index in [1.165, 1.54) is 0 Å². The summed E-state index contributed by atoms with van der Waals surface area (Å²) in [6, 6.07) is 21.1. The van der Waals surface area contributed by atoms with Crippen LogP contribution >= 0.6 is 15.9 Å². The van der Waals surface area contributed by atoms with Crippen molar-refractivity contribution in [3.63, 3.8) is 0 Å². The van der Waals surface area contributed by atoms with Crippen LogP contribution in [0.1, 0.15) is 27.0 Å². The SMILES string of the molecule is Cc1cccc2c1N[C@]1(NC2=O)C(=O)N(Cc2ccccc2)c2cc(Br)ccc21. The first-order valence-corrected chi connectivity index (χ1v) is 10.1. The fraction of sp³-hybridized carbons (Fsp3) is 0.130. The summed E-state index contributed by atoms with van der Waals surface area (Å²) in [5, 5.41) is 6.33. The number of amides is 2. The molecule has 144 valence electrons. The number of nitrogens with one attached hydrogen (secondary N) is 2. The fourth-order valence-corrected chi connectivity index (χ4v) is 4.47. The summed E-state index contributed by atoms with van der Waals surface area (Å²) in [4.78, 5) is 28.4. The average Bonchev–Trinajstić information content (AvgIpc) is 2.92. The molecule has 0 bridgehead atoms. The van der Waals surface area contributed by atoms with E-state index in [0.717, 1.165) is 26.9 Å². The second-order valence-corrected chi connectivity index (χ2v) is 8.28. The molecule has 2 heterocycles. The molecule has 2 aliphatic rings. The maximum absolute atomic E-state index is 13.8.